The SMILES string of the molecule is O=C(O)C(CP(=O)(O)CCc1c[nH]c2ccccc12)c1ccccc1. The fraction of sp³-hybridized carbons (Fsp3) is 0.211. The van der Waals surface area contributed by atoms with E-state index in [0.29, 0.717) is 12.0 Å². The lowest BCUT2D eigenvalue weighted by Crippen LogP contribution is -2.17. The molecular weight excluding hydrogens is 337 g/mol. The number of carbonyl (C=O) groups is 1. The van der Waals surface area contributed by atoms with Crippen LogP contribution in [0.5, 0.6) is 0 Å². The van der Waals surface area contributed by atoms with Gasteiger partial charge in [-0.25, -0.2) is 0 Å². The van der Waals surface area contributed by atoms with Crippen molar-refractivity contribution in [2.24, 2.45) is 0 Å². The van der Waals surface area contributed by atoms with Crippen LogP contribution in [0, 0.1) is 0 Å². The summed E-state index contributed by atoms with van der Waals surface area (Å²) in [6.45, 7) is 0. The van der Waals surface area contributed by atoms with Crippen molar-refractivity contribution in [3.63, 3.8) is 0 Å². The summed E-state index contributed by atoms with van der Waals surface area (Å²) in [5.74, 6) is -2.05. The van der Waals surface area contributed by atoms with E-state index in [1.165, 1.54) is 0 Å². The molecule has 0 fully saturated rings. The highest BCUT2D eigenvalue weighted by atomic mass is 31.2. The molecule has 6 heteroatoms. The number of H-pyrrole nitrogens is 1. The maximum absolute atomic E-state index is 12.6. The molecule has 0 aliphatic heterocycles. The number of nitrogens with one attached hydrogen (secondary N) is 1. The molecule has 3 N–H and O–H groups in total. The quantitative estimate of drug-likeness (QED) is 0.560. The highest BCUT2D eigenvalue weighted by Gasteiger charge is 2.30. The molecule has 3 rings (SSSR count). The van der Waals surface area contributed by atoms with E-state index < -0.39 is 19.3 Å². The van der Waals surface area contributed by atoms with Crippen molar-refractivity contribution in [3.05, 3.63) is 71.9 Å². The Morgan fingerprint density at radius 3 is 2.48 bits per heavy atom. The monoisotopic (exact) mass is 357 g/mol. The Hall–Kier alpha value is -2.36. The zero-order valence-corrected chi connectivity index (χ0v) is 14.5. The van der Waals surface area contributed by atoms with Gasteiger partial charge < -0.3 is 15.0 Å². The van der Waals surface area contributed by atoms with Gasteiger partial charge in [-0.2, -0.15) is 0 Å². The first-order valence-electron chi connectivity index (χ1n) is 8.10. The number of carboxylic acid groups (broad SMARTS) is 1. The Balaban J connectivity index is 1.72. The summed E-state index contributed by atoms with van der Waals surface area (Å²) in [6, 6.07) is 16.4. The van der Waals surface area contributed by atoms with E-state index in [4.69, 9.17) is 0 Å². The van der Waals surface area contributed by atoms with Crippen molar-refractivity contribution < 1.29 is 19.4 Å². The number of fused-ring (bicyclic) bond motifs is 1. The second kappa shape index (κ2) is 7.26. The molecule has 3 aromatic rings. The predicted octanol–water partition coefficient (Wildman–Crippen LogP) is 3.85. The van der Waals surface area contributed by atoms with E-state index in [1.807, 2.05) is 30.5 Å². The molecule has 2 atom stereocenters. The average molecular weight is 357 g/mol. The minimum atomic E-state index is -3.58. The Morgan fingerprint density at radius 2 is 1.76 bits per heavy atom. The molecule has 5 nitrogen and oxygen atoms in total. The molecule has 0 radical (unpaired) electrons. The smallest absolute Gasteiger partial charge is 0.311 e. The molecular formula is C19H20NO4P. The minimum absolute atomic E-state index is 0.0610. The lowest BCUT2D eigenvalue weighted by molar-refractivity contribution is -0.138. The minimum Gasteiger partial charge on any atom is -0.481 e. The molecule has 0 aliphatic carbocycles. The number of benzene rings is 2. The lowest BCUT2D eigenvalue weighted by Gasteiger charge is -2.17. The molecule has 0 saturated heterocycles. The third-order valence-corrected chi connectivity index (χ3v) is 6.23. The summed E-state index contributed by atoms with van der Waals surface area (Å²) in [5, 5.41) is 10.5. The van der Waals surface area contributed by atoms with E-state index in [-0.39, 0.29) is 12.3 Å². The highest BCUT2D eigenvalue weighted by molar-refractivity contribution is 7.58. The van der Waals surface area contributed by atoms with Gasteiger partial charge in [0.25, 0.3) is 0 Å². The van der Waals surface area contributed by atoms with Gasteiger partial charge in [-0.3, -0.25) is 9.36 Å². The van der Waals surface area contributed by atoms with Gasteiger partial charge in [0.15, 0.2) is 0 Å². The Labute approximate surface area is 145 Å². The van der Waals surface area contributed by atoms with E-state index >= 15 is 0 Å². The number of aromatic nitrogens is 1. The first-order chi connectivity index (χ1) is 12.0. The van der Waals surface area contributed by atoms with Crippen LogP contribution in [0.1, 0.15) is 17.0 Å². The third-order valence-electron chi connectivity index (χ3n) is 4.37. The summed E-state index contributed by atoms with van der Waals surface area (Å²) < 4.78 is 12.6. The molecule has 1 heterocycles. The van der Waals surface area contributed by atoms with Crippen molar-refractivity contribution in [3.8, 4) is 0 Å². The molecule has 0 saturated carbocycles. The molecule has 0 spiro atoms. The van der Waals surface area contributed by atoms with Gasteiger partial charge in [0, 0.05) is 29.4 Å². The first kappa shape index (κ1) is 17.5. The molecule has 0 amide bonds. The van der Waals surface area contributed by atoms with Gasteiger partial charge >= 0.3 is 5.97 Å². The van der Waals surface area contributed by atoms with E-state index in [1.54, 1.807) is 30.3 Å². The van der Waals surface area contributed by atoms with Crippen molar-refractivity contribution >= 4 is 24.2 Å². The summed E-state index contributed by atoms with van der Waals surface area (Å²) in [4.78, 5) is 25.0. The van der Waals surface area contributed by atoms with Crippen LogP contribution in [0.2, 0.25) is 0 Å². The number of aliphatic carboxylic acids is 1. The zero-order valence-electron chi connectivity index (χ0n) is 13.6. The third kappa shape index (κ3) is 4.19. The molecule has 130 valence electrons. The summed E-state index contributed by atoms with van der Waals surface area (Å²) in [5.41, 5.74) is 2.51. The predicted molar refractivity (Wildman–Crippen MR) is 98.4 cm³/mol. The molecule has 2 unspecified atom stereocenters. The van der Waals surface area contributed by atoms with Gasteiger partial charge in [-0.05, 0) is 23.6 Å². The van der Waals surface area contributed by atoms with E-state index in [2.05, 4.69) is 4.98 Å². The van der Waals surface area contributed by atoms with Crippen LogP contribution in [0.4, 0.5) is 0 Å². The van der Waals surface area contributed by atoms with Gasteiger partial charge in [-0.1, -0.05) is 48.5 Å². The second-order valence-corrected chi connectivity index (χ2v) is 8.67. The van der Waals surface area contributed by atoms with Gasteiger partial charge in [0.1, 0.15) is 0 Å². The van der Waals surface area contributed by atoms with Crippen LogP contribution in [0.3, 0.4) is 0 Å². The fourth-order valence-corrected chi connectivity index (χ4v) is 4.73. The second-order valence-electron chi connectivity index (χ2n) is 6.16. The van der Waals surface area contributed by atoms with Crippen LogP contribution in [-0.4, -0.2) is 33.3 Å². The Kier molecular flexibility index (Phi) is 5.07. The number of hydrogen-bond acceptors (Lipinski definition) is 2. The Bertz CT molecular complexity index is 919. The largest absolute Gasteiger partial charge is 0.481 e. The van der Waals surface area contributed by atoms with Crippen LogP contribution >= 0.6 is 7.37 Å². The van der Waals surface area contributed by atoms with Crippen molar-refractivity contribution in [2.75, 3.05) is 12.3 Å². The summed E-state index contributed by atoms with van der Waals surface area (Å²) in [6.07, 6.45) is 2.08. The summed E-state index contributed by atoms with van der Waals surface area (Å²) >= 11 is 0. The van der Waals surface area contributed by atoms with Crippen molar-refractivity contribution in [2.45, 2.75) is 12.3 Å². The maximum atomic E-state index is 12.6. The standard InChI is InChI=1S/C19H20NO4P/c21-19(22)17(14-6-2-1-3-7-14)13-25(23,24)11-10-15-12-20-18-9-5-4-8-16(15)18/h1-9,12,17,20H,10-11,13H2,(H,21,22)(H,23,24). The normalized spacial score (nSPS) is 14.9. The molecule has 2 aromatic carbocycles. The number of carboxylic acids is 1. The topological polar surface area (TPSA) is 90.4 Å². The molecule has 25 heavy (non-hydrogen) atoms. The van der Waals surface area contributed by atoms with Gasteiger partial charge in [-0.15, -0.1) is 0 Å². The average Bonchev–Trinajstić information content (AvgIpc) is 3.02. The summed E-state index contributed by atoms with van der Waals surface area (Å²) in [7, 11) is -3.58. The molecule has 1 aromatic heterocycles. The van der Waals surface area contributed by atoms with E-state index in [0.717, 1.165) is 16.5 Å². The van der Waals surface area contributed by atoms with Crippen LogP contribution in [0.25, 0.3) is 10.9 Å². The van der Waals surface area contributed by atoms with Crippen molar-refractivity contribution in [1.82, 2.24) is 4.98 Å². The van der Waals surface area contributed by atoms with E-state index in [9.17, 15) is 19.4 Å². The molecule has 0 aliphatic rings. The number of aromatic amines is 1. The lowest BCUT2D eigenvalue weighted by atomic mass is 10.0. The fourth-order valence-electron chi connectivity index (χ4n) is 3.02. The van der Waals surface area contributed by atoms with Gasteiger partial charge in [0.05, 0.1) is 5.92 Å². The maximum Gasteiger partial charge on any atom is 0.311 e. The van der Waals surface area contributed by atoms with Crippen LogP contribution in [0.15, 0.2) is 60.8 Å². The molecule has 0 bridgehead atoms. The van der Waals surface area contributed by atoms with Crippen LogP contribution < -0.4 is 0 Å². The zero-order chi connectivity index (χ0) is 17.9. The number of hydrogen-bond donors (Lipinski definition) is 3. The number of aryl methyl sites for hydroxylation is 1. The number of para-hydroxylation sites is 1. The van der Waals surface area contributed by atoms with Crippen LogP contribution in [-0.2, 0) is 15.8 Å². The highest BCUT2D eigenvalue weighted by Crippen LogP contribution is 2.45. The first-order valence-corrected chi connectivity index (χ1v) is 10.1. The number of rotatable bonds is 7. The van der Waals surface area contributed by atoms with Gasteiger partial charge in [0.2, 0.25) is 7.37 Å². The van der Waals surface area contributed by atoms with Crippen molar-refractivity contribution in [1.29, 1.82) is 0 Å². The Morgan fingerprint density at radius 1 is 1.08 bits per heavy atom.